The number of rotatable bonds is 0. The van der Waals surface area contributed by atoms with Gasteiger partial charge in [0.1, 0.15) is 0 Å². The van der Waals surface area contributed by atoms with E-state index in [4.69, 9.17) is 10.00 Å². The molecule has 1 fully saturated rings. The van der Waals surface area contributed by atoms with E-state index in [-0.39, 0.29) is 5.92 Å². The zero-order valence-electron chi connectivity index (χ0n) is 5.63. The fourth-order valence-corrected chi connectivity index (χ4v) is 1.07. The van der Waals surface area contributed by atoms with Gasteiger partial charge in [0, 0.05) is 6.61 Å². The first-order valence-electron chi connectivity index (χ1n) is 3.32. The van der Waals surface area contributed by atoms with Gasteiger partial charge in [0.15, 0.2) is 0 Å². The summed E-state index contributed by atoms with van der Waals surface area (Å²) in [7, 11) is 0. The van der Waals surface area contributed by atoms with Crippen LogP contribution in [0.5, 0.6) is 0 Å². The van der Waals surface area contributed by atoms with E-state index in [9.17, 15) is 0 Å². The van der Waals surface area contributed by atoms with Crippen molar-refractivity contribution in [3.05, 3.63) is 0 Å². The largest absolute Gasteiger partial charge is 0.381 e. The molecule has 0 bridgehead atoms. The third-order valence-corrected chi connectivity index (χ3v) is 1.81. The molecule has 1 saturated heterocycles. The van der Waals surface area contributed by atoms with E-state index >= 15 is 0 Å². The third kappa shape index (κ3) is 1.43. The average Bonchev–Trinajstić information content (AvgIpc) is 1.89. The van der Waals surface area contributed by atoms with Crippen molar-refractivity contribution >= 4 is 0 Å². The summed E-state index contributed by atoms with van der Waals surface area (Å²) >= 11 is 0. The molecule has 50 valence electrons. The van der Waals surface area contributed by atoms with Gasteiger partial charge in [0.25, 0.3) is 0 Å². The first-order chi connectivity index (χ1) is 4.34. The Balaban J connectivity index is 2.41. The maximum atomic E-state index is 8.56. The number of hydrogen-bond donors (Lipinski definition) is 0. The molecule has 1 aliphatic rings. The highest BCUT2D eigenvalue weighted by Gasteiger charge is 2.20. The summed E-state index contributed by atoms with van der Waals surface area (Å²) in [5.41, 5.74) is 0. The van der Waals surface area contributed by atoms with Gasteiger partial charge in [-0.15, -0.1) is 0 Å². The molecule has 0 aromatic rings. The van der Waals surface area contributed by atoms with Crippen LogP contribution in [0.15, 0.2) is 0 Å². The lowest BCUT2D eigenvalue weighted by Gasteiger charge is -2.22. The van der Waals surface area contributed by atoms with Gasteiger partial charge in [0.05, 0.1) is 18.6 Å². The molecule has 0 aliphatic carbocycles. The standard InChI is InChI=1S/C7H11NO/c1-6-5-9-3-2-7(6)4-8/h6-7H,2-3,5H2,1H3/t6-,7+/m1/s1. The van der Waals surface area contributed by atoms with E-state index in [0.717, 1.165) is 19.6 Å². The van der Waals surface area contributed by atoms with Crippen molar-refractivity contribution in [1.29, 1.82) is 5.26 Å². The van der Waals surface area contributed by atoms with Crippen molar-refractivity contribution in [3.8, 4) is 6.07 Å². The van der Waals surface area contributed by atoms with Crippen LogP contribution in [0.1, 0.15) is 13.3 Å². The van der Waals surface area contributed by atoms with Crippen molar-refractivity contribution in [3.63, 3.8) is 0 Å². The Hall–Kier alpha value is -0.550. The Kier molecular flexibility index (Phi) is 2.07. The number of hydrogen-bond acceptors (Lipinski definition) is 2. The highest BCUT2D eigenvalue weighted by Crippen LogP contribution is 2.19. The van der Waals surface area contributed by atoms with Gasteiger partial charge >= 0.3 is 0 Å². The van der Waals surface area contributed by atoms with Crippen LogP contribution in [0, 0.1) is 23.2 Å². The van der Waals surface area contributed by atoms with E-state index in [0.29, 0.717) is 5.92 Å². The number of nitriles is 1. The minimum absolute atomic E-state index is 0.235. The van der Waals surface area contributed by atoms with Gasteiger partial charge in [-0.1, -0.05) is 6.92 Å². The molecule has 0 saturated carbocycles. The maximum absolute atomic E-state index is 8.56. The average molecular weight is 125 g/mol. The van der Waals surface area contributed by atoms with E-state index in [2.05, 4.69) is 13.0 Å². The monoisotopic (exact) mass is 125 g/mol. The zero-order chi connectivity index (χ0) is 6.69. The quantitative estimate of drug-likeness (QED) is 0.487. The molecule has 1 rings (SSSR count). The van der Waals surface area contributed by atoms with Gasteiger partial charge in [-0.2, -0.15) is 5.26 Å². The zero-order valence-corrected chi connectivity index (χ0v) is 5.63. The van der Waals surface area contributed by atoms with E-state index in [1.165, 1.54) is 0 Å². The Morgan fingerprint density at radius 1 is 1.67 bits per heavy atom. The smallest absolute Gasteiger partial charge is 0.0660 e. The lowest BCUT2D eigenvalue weighted by Crippen LogP contribution is -2.23. The van der Waals surface area contributed by atoms with Gasteiger partial charge < -0.3 is 4.74 Å². The van der Waals surface area contributed by atoms with E-state index in [1.807, 2.05) is 0 Å². The van der Waals surface area contributed by atoms with Crippen molar-refractivity contribution < 1.29 is 4.74 Å². The van der Waals surface area contributed by atoms with Crippen molar-refractivity contribution in [2.75, 3.05) is 13.2 Å². The Morgan fingerprint density at radius 2 is 2.44 bits per heavy atom. The molecule has 2 nitrogen and oxygen atoms in total. The van der Waals surface area contributed by atoms with E-state index < -0.39 is 0 Å². The fourth-order valence-electron chi connectivity index (χ4n) is 1.07. The Bertz CT molecular complexity index is 127. The lowest BCUT2D eigenvalue weighted by molar-refractivity contribution is 0.0408. The maximum Gasteiger partial charge on any atom is 0.0660 e. The molecular formula is C7H11NO. The van der Waals surface area contributed by atoms with Gasteiger partial charge in [-0.05, 0) is 12.3 Å². The molecule has 0 spiro atoms. The fraction of sp³-hybridized carbons (Fsp3) is 0.857. The van der Waals surface area contributed by atoms with Crippen molar-refractivity contribution in [2.24, 2.45) is 11.8 Å². The molecule has 0 N–H and O–H groups in total. The molecule has 0 unspecified atom stereocenters. The number of nitrogens with zero attached hydrogens (tertiary/aromatic N) is 1. The molecule has 0 radical (unpaired) electrons. The molecule has 0 amide bonds. The highest BCUT2D eigenvalue weighted by atomic mass is 16.5. The van der Waals surface area contributed by atoms with Crippen LogP contribution < -0.4 is 0 Å². The summed E-state index contributed by atoms with van der Waals surface area (Å²) < 4.78 is 5.16. The normalized spacial score (nSPS) is 35.6. The van der Waals surface area contributed by atoms with Gasteiger partial charge in [0.2, 0.25) is 0 Å². The summed E-state index contributed by atoms with van der Waals surface area (Å²) in [6.45, 7) is 3.59. The Morgan fingerprint density at radius 3 is 2.89 bits per heavy atom. The van der Waals surface area contributed by atoms with Crippen LogP contribution in [0.3, 0.4) is 0 Å². The first-order valence-corrected chi connectivity index (χ1v) is 3.32. The second-order valence-electron chi connectivity index (χ2n) is 2.58. The van der Waals surface area contributed by atoms with Crippen LogP contribution in [0.2, 0.25) is 0 Å². The number of ether oxygens (including phenoxy) is 1. The molecule has 1 heterocycles. The third-order valence-electron chi connectivity index (χ3n) is 1.81. The van der Waals surface area contributed by atoms with Crippen LogP contribution >= 0.6 is 0 Å². The predicted octanol–water partition coefficient (Wildman–Crippen LogP) is 1.18. The molecule has 0 aromatic heterocycles. The lowest BCUT2D eigenvalue weighted by atomic mass is 9.92. The molecule has 9 heavy (non-hydrogen) atoms. The second kappa shape index (κ2) is 2.84. The molecule has 0 aromatic carbocycles. The summed E-state index contributed by atoms with van der Waals surface area (Å²) in [6, 6.07) is 2.27. The van der Waals surface area contributed by atoms with E-state index in [1.54, 1.807) is 0 Å². The SMILES string of the molecule is C[C@@H]1COCC[C@H]1C#N. The second-order valence-corrected chi connectivity index (χ2v) is 2.58. The molecular weight excluding hydrogens is 114 g/mol. The Labute approximate surface area is 55.4 Å². The minimum Gasteiger partial charge on any atom is -0.381 e. The molecule has 2 atom stereocenters. The van der Waals surface area contributed by atoms with Crippen LogP contribution in [0.4, 0.5) is 0 Å². The van der Waals surface area contributed by atoms with Crippen molar-refractivity contribution in [2.45, 2.75) is 13.3 Å². The summed E-state index contributed by atoms with van der Waals surface area (Å²) in [6.07, 6.45) is 0.914. The topological polar surface area (TPSA) is 33.0 Å². The summed E-state index contributed by atoms with van der Waals surface area (Å²) in [5, 5.41) is 8.56. The summed E-state index contributed by atoms with van der Waals surface area (Å²) in [5.74, 6) is 0.669. The molecule has 1 aliphatic heterocycles. The van der Waals surface area contributed by atoms with Crippen LogP contribution in [-0.2, 0) is 4.74 Å². The summed E-state index contributed by atoms with van der Waals surface area (Å²) in [4.78, 5) is 0. The van der Waals surface area contributed by atoms with Crippen LogP contribution in [0.25, 0.3) is 0 Å². The first kappa shape index (κ1) is 6.57. The molecule has 2 heteroatoms. The predicted molar refractivity (Wildman–Crippen MR) is 33.7 cm³/mol. The van der Waals surface area contributed by atoms with Gasteiger partial charge in [-0.3, -0.25) is 0 Å². The highest BCUT2D eigenvalue weighted by molar-refractivity contribution is 4.87. The van der Waals surface area contributed by atoms with Gasteiger partial charge in [-0.25, -0.2) is 0 Å². The van der Waals surface area contributed by atoms with Crippen molar-refractivity contribution in [1.82, 2.24) is 0 Å². The minimum atomic E-state index is 0.235. The van der Waals surface area contributed by atoms with Crippen LogP contribution in [-0.4, -0.2) is 13.2 Å².